The first-order valence-electron chi connectivity index (χ1n) is 3.62. The third-order valence-electron chi connectivity index (χ3n) is 1.33. The van der Waals surface area contributed by atoms with E-state index in [-0.39, 0.29) is 0 Å². The lowest BCUT2D eigenvalue weighted by molar-refractivity contribution is 0.966. The van der Waals surface area contributed by atoms with Gasteiger partial charge in [-0.05, 0) is 6.26 Å². The molecular weight excluding hydrogens is 224 g/mol. The first-order chi connectivity index (χ1) is 6.27. The zero-order valence-corrected chi connectivity index (χ0v) is 9.53. The average molecular weight is 233 g/mol. The average Bonchev–Trinajstić information content (AvgIpc) is 2.16. The van der Waals surface area contributed by atoms with Crippen LogP contribution in [0.1, 0.15) is 5.56 Å². The summed E-state index contributed by atoms with van der Waals surface area (Å²) in [5.74, 6) is 0.681. The predicted octanol–water partition coefficient (Wildman–Crippen LogP) is 2.79. The Labute approximate surface area is 92.2 Å². The van der Waals surface area contributed by atoms with E-state index in [1.54, 1.807) is 6.20 Å². The molecule has 1 heterocycles. The van der Waals surface area contributed by atoms with Crippen molar-refractivity contribution in [1.29, 1.82) is 0 Å². The van der Waals surface area contributed by atoms with Crippen LogP contribution in [0.2, 0.25) is 5.15 Å². The molecule has 0 fully saturated rings. The lowest BCUT2D eigenvalue weighted by atomic mass is 10.3. The van der Waals surface area contributed by atoms with Gasteiger partial charge >= 0.3 is 0 Å². The standard InChI is InChI=1S/C8H9ClN2S2/c1-13-8-10-5-6(3-2-4-12)7(9)11-8/h2-3,5,12H,4H2,1H3. The van der Waals surface area contributed by atoms with Crippen molar-refractivity contribution in [3.63, 3.8) is 0 Å². The largest absolute Gasteiger partial charge is 0.230 e. The molecule has 0 aliphatic heterocycles. The first kappa shape index (κ1) is 10.9. The van der Waals surface area contributed by atoms with Crippen molar-refractivity contribution >= 4 is 42.1 Å². The Morgan fingerprint density at radius 3 is 3.00 bits per heavy atom. The first-order valence-corrected chi connectivity index (χ1v) is 5.85. The van der Waals surface area contributed by atoms with E-state index in [1.165, 1.54) is 11.8 Å². The number of hydrogen-bond donors (Lipinski definition) is 1. The summed E-state index contributed by atoms with van der Waals surface area (Å²) >= 11 is 11.4. The molecule has 0 N–H and O–H groups in total. The number of thioether (sulfide) groups is 1. The van der Waals surface area contributed by atoms with Gasteiger partial charge in [0.15, 0.2) is 5.16 Å². The van der Waals surface area contributed by atoms with E-state index in [0.29, 0.717) is 16.1 Å². The molecule has 1 aromatic heterocycles. The number of halogens is 1. The minimum Gasteiger partial charge on any atom is -0.230 e. The summed E-state index contributed by atoms with van der Waals surface area (Å²) in [6.07, 6.45) is 7.38. The second-order valence-corrected chi connectivity index (χ2v) is 3.68. The van der Waals surface area contributed by atoms with Crippen LogP contribution < -0.4 is 0 Å². The smallest absolute Gasteiger partial charge is 0.188 e. The molecule has 0 unspecified atom stereocenters. The molecule has 1 rings (SSSR count). The minimum absolute atomic E-state index is 0.484. The van der Waals surface area contributed by atoms with E-state index in [2.05, 4.69) is 22.6 Å². The van der Waals surface area contributed by atoms with Gasteiger partial charge in [-0.1, -0.05) is 35.5 Å². The molecule has 0 bridgehead atoms. The molecule has 70 valence electrons. The monoisotopic (exact) mass is 232 g/mol. The van der Waals surface area contributed by atoms with Gasteiger partial charge in [0.05, 0.1) is 0 Å². The van der Waals surface area contributed by atoms with E-state index in [0.717, 1.165) is 5.56 Å². The zero-order valence-electron chi connectivity index (χ0n) is 7.07. The van der Waals surface area contributed by atoms with Crippen LogP contribution in [0.4, 0.5) is 0 Å². The van der Waals surface area contributed by atoms with E-state index in [4.69, 9.17) is 11.6 Å². The van der Waals surface area contributed by atoms with Gasteiger partial charge in [0, 0.05) is 17.5 Å². The highest BCUT2D eigenvalue weighted by Gasteiger charge is 2.00. The maximum Gasteiger partial charge on any atom is 0.188 e. The molecule has 0 saturated carbocycles. The molecular formula is C8H9ClN2S2. The predicted molar refractivity (Wildman–Crippen MR) is 61.7 cm³/mol. The van der Waals surface area contributed by atoms with Gasteiger partial charge < -0.3 is 0 Å². The molecule has 0 saturated heterocycles. The van der Waals surface area contributed by atoms with Crippen LogP contribution in [0.3, 0.4) is 0 Å². The van der Waals surface area contributed by atoms with Crippen molar-refractivity contribution in [2.45, 2.75) is 5.16 Å². The molecule has 0 atom stereocenters. The molecule has 0 amide bonds. The second kappa shape index (κ2) is 5.52. The van der Waals surface area contributed by atoms with Gasteiger partial charge in [-0.25, -0.2) is 9.97 Å². The summed E-state index contributed by atoms with van der Waals surface area (Å²) in [5.41, 5.74) is 0.827. The lowest BCUT2D eigenvalue weighted by Crippen LogP contribution is -1.88. The van der Waals surface area contributed by atoms with E-state index >= 15 is 0 Å². The van der Waals surface area contributed by atoms with Gasteiger partial charge in [-0.2, -0.15) is 12.6 Å². The Morgan fingerprint density at radius 1 is 1.69 bits per heavy atom. The third kappa shape index (κ3) is 3.21. The molecule has 5 heteroatoms. The SMILES string of the molecule is CSc1ncc(C=CCS)c(Cl)n1. The highest BCUT2D eigenvalue weighted by atomic mass is 35.5. The second-order valence-electron chi connectivity index (χ2n) is 2.19. The maximum absolute atomic E-state index is 5.90. The topological polar surface area (TPSA) is 25.8 Å². The van der Waals surface area contributed by atoms with Crippen LogP contribution in [0, 0.1) is 0 Å². The van der Waals surface area contributed by atoms with Crippen molar-refractivity contribution in [2.24, 2.45) is 0 Å². The van der Waals surface area contributed by atoms with Crippen LogP contribution in [0.25, 0.3) is 6.08 Å². The Balaban J connectivity index is 2.91. The highest BCUT2D eigenvalue weighted by Crippen LogP contribution is 2.17. The molecule has 1 aromatic rings. The minimum atomic E-state index is 0.484. The molecule has 0 radical (unpaired) electrons. The van der Waals surface area contributed by atoms with E-state index < -0.39 is 0 Å². The van der Waals surface area contributed by atoms with Crippen LogP contribution in [0.15, 0.2) is 17.4 Å². The van der Waals surface area contributed by atoms with Gasteiger partial charge in [0.2, 0.25) is 0 Å². The molecule has 2 nitrogen and oxygen atoms in total. The quantitative estimate of drug-likeness (QED) is 0.376. The number of nitrogens with zero attached hydrogens (tertiary/aromatic N) is 2. The Hall–Kier alpha value is -0.190. The van der Waals surface area contributed by atoms with Gasteiger partial charge in [0.1, 0.15) is 5.15 Å². The maximum atomic E-state index is 5.90. The third-order valence-corrected chi connectivity index (χ3v) is 2.41. The zero-order chi connectivity index (χ0) is 9.68. The normalized spacial score (nSPS) is 11.0. The summed E-state index contributed by atoms with van der Waals surface area (Å²) in [4.78, 5) is 8.19. The Kier molecular flexibility index (Phi) is 4.62. The number of thiol groups is 1. The summed E-state index contributed by atoms with van der Waals surface area (Å²) in [7, 11) is 0. The fourth-order valence-electron chi connectivity index (χ4n) is 0.745. The number of aromatic nitrogens is 2. The van der Waals surface area contributed by atoms with E-state index in [1.807, 2.05) is 18.4 Å². The van der Waals surface area contributed by atoms with Crippen molar-refractivity contribution in [1.82, 2.24) is 9.97 Å². The molecule has 0 aromatic carbocycles. The van der Waals surface area contributed by atoms with Gasteiger partial charge in [-0.15, -0.1) is 0 Å². The van der Waals surface area contributed by atoms with Crippen LogP contribution >= 0.6 is 36.0 Å². The Morgan fingerprint density at radius 2 is 2.46 bits per heavy atom. The van der Waals surface area contributed by atoms with Crippen molar-refractivity contribution in [3.05, 3.63) is 23.0 Å². The fourth-order valence-corrected chi connectivity index (χ4v) is 1.43. The van der Waals surface area contributed by atoms with Crippen molar-refractivity contribution in [2.75, 3.05) is 12.0 Å². The number of hydrogen-bond acceptors (Lipinski definition) is 4. The molecule has 0 aliphatic rings. The van der Waals surface area contributed by atoms with Crippen molar-refractivity contribution < 1.29 is 0 Å². The molecule has 13 heavy (non-hydrogen) atoms. The van der Waals surface area contributed by atoms with Crippen molar-refractivity contribution in [3.8, 4) is 0 Å². The van der Waals surface area contributed by atoms with Gasteiger partial charge in [0.25, 0.3) is 0 Å². The molecule has 0 spiro atoms. The Bertz CT molecular complexity index is 315. The fraction of sp³-hybridized carbons (Fsp3) is 0.250. The summed E-state index contributed by atoms with van der Waals surface area (Å²) in [5, 5.41) is 1.17. The van der Waals surface area contributed by atoms with Crippen LogP contribution in [-0.2, 0) is 0 Å². The van der Waals surface area contributed by atoms with Crippen LogP contribution in [0.5, 0.6) is 0 Å². The van der Waals surface area contributed by atoms with Crippen LogP contribution in [-0.4, -0.2) is 22.0 Å². The lowest BCUT2D eigenvalue weighted by Gasteiger charge is -1.98. The summed E-state index contributed by atoms with van der Waals surface area (Å²) in [6, 6.07) is 0. The van der Waals surface area contributed by atoms with E-state index in [9.17, 15) is 0 Å². The highest BCUT2D eigenvalue weighted by molar-refractivity contribution is 7.98. The number of rotatable bonds is 3. The molecule has 0 aliphatic carbocycles. The summed E-state index contributed by atoms with van der Waals surface area (Å²) < 4.78 is 0. The summed E-state index contributed by atoms with van der Waals surface area (Å²) in [6.45, 7) is 0. The van der Waals surface area contributed by atoms with Gasteiger partial charge in [-0.3, -0.25) is 0 Å².